The summed E-state index contributed by atoms with van der Waals surface area (Å²) in [5, 5.41) is 3.01. The maximum Gasteiger partial charge on any atom is 0.260 e. The normalized spacial score (nSPS) is 16.1. The van der Waals surface area contributed by atoms with E-state index < -0.39 is 0 Å². The summed E-state index contributed by atoms with van der Waals surface area (Å²) in [6, 6.07) is 4.88. The van der Waals surface area contributed by atoms with Crippen molar-refractivity contribution in [3.05, 3.63) is 23.8 Å². The van der Waals surface area contributed by atoms with E-state index in [0.29, 0.717) is 36.7 Å². The van der Waals surface area contributed by atoms with E-state index in [9.17, 15) is 14.4 Å². The third-order valence-electron chi connectivity index (χ3n) is 5.40. The van der Waals surface area contributed by atoms with Crippen molar-refractivity contribution in [1.29, 1.82) is 0 Å². The summed E-state index contributed by atoms with van der Waals surface area (Å²) in [6.07, 6.45) is 6.07. The molecule has 1 aromatic carbocycles. The molecule has 1 unspecified atom stereocenters. The van der Waals surface area contributed by atoms with Crippen LogP contribution in [0.3, 0.4) is 0 Å². The minimum absolute atomic E-state index is 0.0337. The molecule has 0 spiro atoms. The van der Waals surface area contributed by atoms with E-state index in [4.69, 9.17) is 9.47 Å². The molecule has 1 aliphatic rings. The summed E-state index contributed by atoms with van der Waals surface area (Å²) in [7, 11) is 1.49. The highest BCUT2D eigenvalue weighted by Gasteiger charge is 2.28. The van der Waals surface area contributed by atoms with E-state index in [1.807, 2.05) is 0 Å². The van der Waals surface area contributed by atoms with Crippen molar-refractivity contribution in [2.75, 3.05) is 33.4 Å². The quantitative estimate of drug-likeness (QED) is 0.441. The summed E-state index contributed by atoms with van der Waals surface area (Å²) >= 11 is 0. The van der Waals surface area contributed by atoms with Crippen molar-refractivity contribution in [2.24, 2.45) is 5.92 Å². The predicted octanol–water partition coefficient (Wildman–Crippen LogP) is 3.21. The number of piperidine rings is 1. The second-order valence-corrected chi connectivity index (χ2v) is 7.74. The van der Waals surface area contributed by atoms with Gasteiger partial charge in [-0.3, -0.25) is 14.4 Å². The van der Waals surface area contributed by atoms with E-state index in [0.717, 1.165) is 25.7 Å². The van der Waals surface area contributed by atoms with Crippen LogP contribution in [0.4, 0.5) is 0 Å². The molecule has 166 valence electrons. The summed E-state index contributed by atoms with van der Waals surface area (Å²) < 4.78 is 10.9. The molecule has 30 heavy (non-hydrogen) atoms. The largest absolute Gasteiger partial charge is 0.493 e. The van der Waals surface area contributed by atoms with Crippen LogP contribution in [0.25, 0.3) is 0 Å². The van der Waals surface area contributed by atoms with Gasteiger partial charge in [0.1, 0.15) is 0 Å². The van der Waals surface area contributed by atoms with Crippen LogP contribution in [0.1, 0.15) is 62.7 Å². The number of ketones is 1. The molecule has 0 aliphatic carbocycles. The van der Waals surface area contributed by atoms with Gasteiger partial charge in [0.15, 0.2) is 23.9 Å². The minimum atomic E-state index is -0.168. The fraction of sp³-hybridized carbons (Fsp3) is 0.609. The molecule has 1 atom stereocenters. The summed E-state index contributed by atoms with van der Waals surface area (Å²) in [6.45, 7) is 5.25. The van der Waals surface area contributed by atoms with E-state index in [1.165, 1.54) is 26.9 Å². The SMILES string of the molecule is CCCCCCNC(=O)C1CCCN(C(=O)COc2ccc(C(C)=O)cc2OC)C1. The lowest BCUT2D eigenvalue weighted by molar-refractivity contribution is -0.137. The first kappa shape index (κ1) is 23.7. The molecule has 0 saturated carbocycles. The smallest absolute Gasteiger partial charge is 0.260 e. The fourth-order valence-electron chi connectivity index (χ4n) is 3.56. The minimum Gasteiger partial charge on any atom is -0.493 e. The van der Waals surface area contributed by atoms with Gasteiger partial charge in [-0.1, -0.05) is 26.2 Å². The Morgan fingerprint density at radius 2 is 1.97 bits per heavy atom. The van der Waals surface area contributed by atoms with E-state index in [1.54, 1.807) is 23.1 Å². The number of methoxy groups -OCH3 is 1. The van der Waals surface area contributed by atoms with Crippen LogP contribution in [-0.2, 0) is 9.59 Å². The number of likely N-dealkylation sites (tertiary alicyclic amines) is 1. The first-order valence-electron chi connectivity index (χ1n) is 10.8. The van der Waals surface area contributed by atoms with Crippen LogP contribution in [0.2, 0.25) is 0 Å². The van der Waals surface area contributed by atoms with Gasteiger partial charge in [0, 0.05) is 25.2 Å². The Balaban J connectivity index is 1.84. The maximum atomic E-state index is 12.6. The zero-order valence-electron chi connectivity index (χ0n) is 18.4. The molecule has 1 N–H and O–H groups in total. The van der Waals surface area contributed by atoms with E-state index in [-0.39, 0.29) is 30.1 Å². The molecule has 1 heterocycles. The summed E-state index contributed by atoms with van der Waals surface area (Å²) in [5.74, 6) is 0.459. The van der Waals surface area contributed by atoms with Crippen molar-refractivity contribution in [3.63, 3.8) is 0 Å². The topological polar surface area (TPSA) is 84.9 Å². The lowest BCUT2D eigenvalue weighted by atomic mass is 9.97. The van der Waals surface area contributed by atoms with Crippen molar-refractivity contribution < 1.29 is 23.9 Å². The van der Waals surface area contributed by atoms with Crippen molar-refractivity contribution >= 4 is 17.6 Å². The number of unbranched alkanes of at least 4 members (excludes halogenated alkanes) is 3. The molecule has 1 aliphatic heterocycles. The molecule has 0 aromatic heterocycles. The van der Waals surface area contributed by atoms with Crippen LogP contribution in [0, 0.1) is 5.92 Å². The van der Waals surface area contributed by atoms with E-state index in [2.05, 4.69) is 12.2 Å². The molecule has 1 aromatic rings. The van der Waals surface area contributed by atoms with Crippen LogP contribution in [-0.4, -0.2) is 55.8 Å². The summed E-state index contributed by atoms with van der Waals surface area (Å²) in [5.41, 5.74) is 0.519. The molecule has 2 rings (SSSR count). The van der Waals surface area contributed by atoms with Gasteiger partial charge < -0.3 is 19.7 Å². The monoisotopic (exact) mass is 418 g/mol. The number of ether oxygens (including phenoxy) is 2. The highest BCUT2D eigenvalue weighted by molar-refractivity contribution is 5.94. The average Bonchev–Trinajstić information content (AvgIpc) is 2.77. The Kier molecular flexibility index (Phi) is 9.64. The molecule has 1 fully saturated rings. The standard InChI is InChI=1S/C23H34N2O5/c1-4-5-6-7-12-24-23(28)19-9-8-13-25(15-19)22(27)16-30-20-11-10-18(17(2)26)14-21(20)29-3/h10-11,14,19H,4-9,12-13,15-16H2,1-3H3,(H,24,28). The third kappa shape index (κ3) is 7.04. The van der Waals surface area contributed by atoms with Gasteiger partial charge in [-0.05, 0) is 44.4 Å². The Morgan fingerprint density at radius 3 is 2.67 bits per heavy atom. The first-order chi connectivity index (χ1) is 14.5. The second kappa shape index (κ2) is 12.2. The highest BCUT2D eigenvalue weighted by atomic mass is 16.5. The van der Waals surface area contributed by atoms with Gasteiger partial charge in [0.25, 0.3) is 5.91 Å². The van der Waals surface area contributed by atoms with Gasteiger partial charge in [0.05, 0.1) is 13.0 Å². The van der Waals surface area contributed by atoms with Gasteiger partial charge in [-0.25, -0.2) is 0 Å². The Labute approximate surface area is 179 Å². The highest BCUT2D eigenvalue weighted by Crippen LogP contribution is 2.28. The first-order valence-corrected chi connectivity index (χ1v) is 10.8. The maximum absolute atomic E-state index is 12.6. The van der Waals surface area contributed by atoms with Gasteiger partial charge in [0.2, 0.25) is 5.91 Å². The van der Waals surface area contributed by atoms with Gasteiger partial charge in [-0.2, -0.15) is 0 Å². The molecule has 7 nitrogen and oxygen atoms in total. The zero-order chi connectivity index (χ0) is 21.9. The molecule has 1 saturated heterocycles. The molecule has 0 radical (unpaired) electrons. The fourth-order valence-corrected chi connectivity index (χ4v) is 3.56. The lowest BCUT2D eigenvalue weighted by Crippen LogP contribution is -2.47. The number of hydrogen-bond donors (Lipinski definition) is 1. The number of Topliss-reactive ketones (excluding diaryl/α,β-unsaturated/α-hetero) is 1. The number of amides is 2. The number of carbonyl (C=O) groups excluding carboxylic acids is 3. The van der Waals surface area contributed by atoms with Crippen LogP contribution < -0.4 is 14.8 Å². The molecule has 7 heteroatoms. The molecule has 0 bridgehead atoms. The predicted molar refractivity (Wildman–Crippen MR) is 115 cm³/mol. The Bertz CT molecular complexity index is 734. The average molecular weight is 419 g/mol. The Hall–Kier alpha value is -2.57. The molecular formula is C23H34N2O5. The van der Waals surface area contributed by atoms with Crippen molar-refractivity contribution in [2.45, 2.75) is 52.4 Å². The Morgan fingerprint density at radius 1 is 1.17 bits per heavy atom. The molecular weight excluding hydrogens is 384 g/mol. The third-order valence-corrected chi connectivity index (χ3v) is 5.40. The number of hydrogen-bond acceptors (Lipinski definition) is 5. The van der Waals surface area contributed by atoms with Crippen LogP contribution in [0.5, 0.6) is 11.5 Å². The lowest BCUT2D eigenvalue weighted by Gasteiger charge is -2.32. The van der Waals surface area contributed by atoms with Gasteiger partial charge >= 0.3 is 0 Å². The number of rotatable bonds is 11. The van der Waals surface area contributed by atoms with Gasteiger partial charge in [-0.15, -0.1) is 0 Å². The number of carbonyl (C=O) groups is 3. The second-order valence-electron chi connectivity index (χ2n) is 7.74. The summed E-state index contributed by atoms with van der Waals surface area (Å²) in [4.78, 5) is 38.2. The molecule has 2 amide bonds. The number of nitrogens with one attached hydrogen (secondary N) is 1. The van der Waals surface area contributed by atoms with Crippen LogP contribution >= 0.6 is 0 Å². The number of nitrogens with zero attached hydrogens (tertiary/aromatic N) is 1. The van der Waals surface area contributed by atoms with Crippen LogP contribution in [0.15, 0.2) is 18.2 Å². The number of benzene rings is 1. The van der Waals surface area contributed by atoms with Crippen molar-refractivity contribution in [3.8, 4) is 11.5 Å². The zero-order valence-corrected chi connectivity index (χ0v) is 18.4. The van der Waals surface area contributed by atoms with E-state index >= 15 is 0 Å². The van der Waals surface area contributed by atoms with Crippen molar-refractivity contribution in [1.82, 2.24) is 10.2 Å².